The average Bonchev–Trinajstić information content (AvgIpc) is 3.14. The van der Waals surface area contributed by atoms with Gasteiger partial charge in [-0.1, -0.05) is 90.5 Å². The van der Waals surface area contributed by atoms with Crippen molar-refractivity contribution >= 4 is 34.7 Å². The number of pyridine rings is 1. The van der Waals surface area contributed by atoms with E-state index in [4.69, 9.17) is 16.3 Å². The molecule has 1 N–H and O–H groups in total. The number of aromatic nitrogens is 1. The molecule has 1 aromatic heterocycles. The number of para-hydroxylation sites is 1. The first-order chi connectivity index (χ1) is 15.7. The number of rotatable bonds is 5. The van der Waals surface area contributed by atoms with Crippen molar-refractivity contribution in [3.63, 3.8) is 0 Å². The first kappa shape index (κ1) is 20.3. The van der Waals surface area contributed by atoms with Crippen LogP contribution in [-0.2, 0) is 4.74 Å². The number of hydrogen-bond acceptors (Lipinski definition) is 3. The molecule has 1 amide bonds. The molecule has 3 aromatic carbocycles. The summed E-state index contributed by atoms with van der Waals surface area (Å²) >= 11 is 6.28. The molecular formula is C27H21ClN2O2. The van der Waals surface area contributed by atoms with Gasteiger partial charge in [0.1, 0.15) is 11.8 Å². The lowest BCUT2D eigenvalue weighted by molar-refractivity contribution is 0.144. The van der Waals surface area contributed by atoms with Gasteiger partial charge in [0.25, 0.3) is 0 Å². The Morgan fingerprint density at radius 2 is 1.62 bits per heavy atom. The zero-order valence-electron chi connectivity index (χ0n) is 17.3. The van der Waals surface area contributed by atoms with E-state index in [0.29, 0.717) is 18.3 Å². The summed E-state index contributed by atoms with van der Waals surface area (Å²) in [4.78, 5) is 16.7. The monoisotopic (exact) mass is 440 g/mol. The fraction of sp³-hybridized carbons (Fsp3) is 0.111. The highest BCUT2D eigenvalue weighted by Crippen LogP contribution is 2.44. The summed E-state index contributed by atoms with van der Waals surface area (Å²) in [5.41, 5.74) is 6.47. The number of ether oxygens (including phenoxy) is 1. The van der Waals surface area contributed by atoms with E-state index in [-0.39, 0.29) is 5.92 Å². The fourth-order valence-electron chi connectivity index (χ4n) is 4.20. The summed E-state index contributed by atoms with van der Waals surface area (Å²) in [6.45, 7) is 0.629. The largest absolute Gasteiger partial charge is 0.449 e. The predicted molar refractivity (Wildman–Crippen MR) is 129 cm³/mol. The number of alkyl carbamates (subject to hydrolysis) is 1. The minimum Gasteiger partial charge on any atom is -0.449 e. The van der Waals surface area contributed by atoms with Gasteiger partial charge in [0.15, 0.2) is 0 Å². The summed E-state index contributed by atoms with van der Waals surface area (Å²) in [5, 5.41) is 4.22. The molecule has 158 valence electrons. The Labute approximate surface area is 191 Å². The number of halogens is 1. The summed E-state index contributed by atoms with van der Waals surface area (Å²) in [6, 6.07) is 26.3. The molecule has 32 heavy (non-hydrogen) atoms. The minimum absolute atomic E-state index is 0.0474. The van der Waals surface area contributed by atoms with Crippen molar-refractivity contribution in [2.75, 3.05) is 13.2 Å². The molecular weight excluding hydrogens is 420 g/mol. The number of carbonyl (C=O) groups is 1. The van der Waals surface area contributed by atoms with Crippen LogP contribution < -0.4 is 5.32 Å². The minimum atomic E-state index is -0.445. The average molecular weight is 441 g/mol. The highest BCUT2D eigenvalue weighted by atomic mass is 35.5. The molecule has 0 bridgehead atoms. The molecule has 0 unspecified atom stereocenters. The van der Waals surface area contributed by atoms with Crippen molar-refractivity contribution in [3.8, 4) is 11.1 Å². The molecule has 0 aliphatic heterocycles. The molecule has 0 saturated heterocycles. The fourth-order valence-corrected chi connectivity index (χ4v) is 4.41. The molecule has 0 spiro atoms. The van der Waals surface area contributed by atoms with E-state index < -0.39 is 6.09 Å². The van der Waals surface area contributed by atoms with Crippen molar-refractivity contribution in [2.45, 2.75) is 5.92 Å². The molecule has 0 fully saturated rings. The normalized spacial score (nSPS) is 12.7. The standard InChI is InChI=1S/C27H21ClN2O2/c28-26-19(16-18-8-1-6-14-25(18)30-26)9-7-15-29-27(31)32-17-24-22-12-4-2-10-20(22)21-11-3-5-13-23(21)24/h1-14,16,24H,15,17H2,(H,29,31). The van der Waals surface area contributed by atoms with Crippen LogP contribution in [0.4, 0.5) is 4.79 Å². The van der Waals surface area contributed by atoms with E-state index in [1.165, 1.54) is 22.3 Å². The summed E-state index contributed by atoms with van der Waals surface area (Å²) in [5.74, 6) is 0.0474. The maximum Gasteiger partial charge on any atom is 0.407 e. The number of carbonyl (C=O) groups excluding carboxylic acids is 1. The second-order valence-electron chi connectivity index (χ2n) is 7.67. The Kier molecular flexibility index (Phi) is 5.61. The topological polar surface area (TPSA) is 51.2 Å². The SMILES string of the molecule is O=C(NCC=Cc1cc2ccccc2nc1Cl)OCC1c2ccccc2-c2ccccc21. The van der Waals surface area contributed by atoms with Gasteiger partial charge in [-0.05, 0) is 34.4 Å². The number of amides is 1. The molecule has 0 saturated carbocycles. The van der Waals surface area contributed by atoms with Crippen molar-refractivity contribution in [3.05, 3.63) is 107 Å². The molecule has 5 heteroatoms. The second kappa shape index (κ2) is 8.85. The van der Waals surface area contributed by atoms with Crippen LogP contribution in [0.15, 0.2) is 84.9 Å². The van der Waals surface area contributed by atoms with Crippen LogP contribution >= 0.6 is 11.6 Å². The van der Waals surface area contributed by atoms with Crippen molar-refractivity contribution in [1.82, 2.24) is 10.3 Å². The Morgan fingerprint density at radius 3 is 2.38 bits per heavy atom. The lowest BCUT2D eigenvalue weighted by Gasteiger charge is -2.14. The lowest BCUT2D eigenvalue weighted by atomic mass is 9.98. The molecule has 0 atom stereocenters. The number of benzene rings is 3. The number of nitrogens with one attached hydrogen (secondary N) is 1. The van der Waals surface area contributed by atoms with E-state index in [1.807, 2.05) is 66.7 Å². The molecule has 4 aromatic rings. The van der Waals surface area contributed by atoms with E-state index in [2.05, 4.69) is 34.6 Å². The Morgan fingerprint density at radius 1 is 0.969 bits per heavy atom. The van der Waals surface area contributed by atoms with Crippen LogP contribution in [0.25, 0.3) is 28.1 Å². The van der Waals surface area contributed by atoms with Crippen molar-refractivity contribution < 1.29 is 9.53 Å². The summed E-state index contributed by atoms with van der Waals surface area (Å²) < 4.78 is 5.55. The van der Waals surface area contributed by atoms with E-state index in [9.17, 15) is 4.79 Å². The van der Waals surface area contributed by atoms with E-state index in [1.54, 1.807) is 0 Å². The van der Waals surface area contributed by atoms with Crippen molar-refractivity contribution in [1.29, 1.82) is 0 Å². The van der Waals surface area contributed by atoms with Gasteiger partial charge in [0.05, 0.1) is 5.52 Å². The lowest BCUT2D eigenvalue weighted by Crippen LogP contribution is -2.26. The maximum atomic E-state index is 12.3. The first-order valence-corrected chi connectivity index (χ1v) is 10.9. The van der Waals surface area contributed by atoms with Crippen LogP contribution in [0.5, 0.6) is 0 Å². The van der Waals surface area contributed by atoms with Gasteiger partial charge in [-0.3, -0.25) is 0 Å². The maximum absolute atomic E-state index is 12.3. The first-order valence-electron chi connectivity index (χ1n) is 10.5. The molecule has 1 aliphatic carbocycles. The van der Waals surface area contributed by atoms with Crippen LogP contribution in [0.3, 0.4) is 0 Å². The zero-order chi connectivity index (χ0) is 21.9. The van der Waals surface area contributed by atoms with Gasteiger partial charge >= 0.3 is 6.09 Å². The highest BCUT2D eigenvalue weighted by Gasteiger charge is 2.28. The third-order valence-corrected chi connectivity index (χ3v) is 6.01. The molecule has 0 radical (unpaired) electrons. The Hall–Kier alpha value is -3.63. The van der Waals surface area contributed by atoms with Gasteiger partial charge in [-0.25, -0.2) is 9.78 Å². The number of hydrogen-bond donors (Lipinski definition) is 1. The molecule has 1 heterocycles. The van der Waals surface area contributed by atoms with Gasteiger partial charge < -0.3 is 10.1 Å². The molecule has 5 rings (SSSR count). The van der Waals surface area contributed by atoms with Crippen LogP contribution in [0.2, 0.25) is 5.15 Å². The summed E-state index contributed by atoms with van der Waals surface area (Å²) in [7, 11) is 0. The Bertz CT molecular complexity index is 1290. The number of nitrogens with zero attached hydrogens (tertiary/aromatic N) is 1. The van der Waals surface area contributed by atoms with Crippen LogP contribution in [-0.4, -0.2) is 24.2 Å². The molecule has 1 aliphatic rings. The number of fused-ring (bicyclic) bond motifs is 4. The smallest absolute Gasteiger partial charge is 0.407 e. The Balaban J connectivity index is 1.19. The second-order valence-corrected chi connectivity index (χ2v) is 8.03. The third-order valence-electron chi connectivity index (χ3n) is 5.71. The van der Waals surface area contributed by atoms with Gasteiger partial charge in [-0.15, -0.1) is 0 Å². The van der Waals surface area contributed by atoms with Gasteiger partial charge in [0, 0.05) is 23.4 Å². The summed E-state index contributed by atoms with van der Waals surface area (Å²) in [6.07, 6.45) is 3.24. The third kappa shape index (κ3) is 3.97. The quantitative estimate of drug-likeness (QED) is 0.363. The van der Waals surface area contributed by atoms with Gasteiger partial charge in [0.2, 0.25) is 0 Å². The predicted octanol–water partition coefficient (Wildman–Crippen LogP) is 6.44. The highest BCUT2D eigenvalue weighted by molar-refractivity contribution is 6.31. The van der Waals surface area contributed by atoms with E-state index >= 15 is 0 Å². The van der Waals surface area contributed by atoms with Crippen molar-refractivity contribution in [2.24, 2.45) is 0 Å². The van der Waals surface area contributed by atoms with E-state index in [0.717, 1.165) is 16.5 Å². The molecule has 4 nitrogen and oxygen atoms in total. The van der Waals surface area contributed by atoms with Gasteiger partial charge in [-0.2, -0.15) is 0 Å². The van der Waals surface area contributed by atoms with Crippen LogP contribution in [0.1, 0.15) is 22.6 Å². The zero-order valence-corrected chi connectivity index (χ0v) is 18.0. The van der Waals surface area contributed by atoms with Crippen LogP contribution in [0, 0.1) is 0 Å².